The van der Waals surface area contributed by atoms with E-state index in [2.05, 4.69) is 17.0 Å². The fraction of sp³-hybridized carbons (Fsp3) is 0.571. The quantitative estimate of drug-likeness (QED) is 0.595. The number of ether oxygens (including phenoxy) is 2. The normalized spacial score (nSPS) is 11.5. The van der Waals surface area contributed by atoms with Crippen molar-refractivity contribution in [1.29, 1.82) is 0 Å². The number of rotatable bonds is 11. The zero-order valence-corrected chi connectivity index (χ0v) is 13.4. The smallest absolute Gasteiger partial charge is 0.240 e. The van der Waals surface area contributed by atoms with Crippen LogP contribution in [0.2, 0.25) is 0 Å². The molecular formula is C14H24N2O4S. The van der Waals surface area contributed by atoms with Crippen molar-refractivity contribution in [2.45, 2.75) is 18.2 Å². The molecule has 7 heteroatoms. The maximum absolute atomic E-state index is 11.9. The van der Waals surface area contributed by atoms with Crippen molar-refractivity contribution in [2.75, 3.05) is 40.0 Å². The molecule has 0 heterocycles. The Labute approximate surface area is 126 Å². The molecule has 0 amide bonds. The Kier molecular flexibility index (Phi) is 8.29. The highest BCUT2D eigenvalue weighted by molar-refractivity contribution is 7.89. The standard InChI is InChI=1S/C14H24N2O4S/c1-3-15-9-4-11-20-13-5-7-14(8-6-13)21(17,18)16-10-12-19-2/h5-8,15-16H,3-4,9-12H2,1-2H3. The van der Waals surface area contributed by atoms with Crippen LogP contribution in [0.3, 0.4) is 0 Å². The molecule has 0 fully saturated rings. The van der Waals surface area contributed by atoms with E-state index >= 15 is 0 Å². The largest absolute Gasteiger partial charge is 0.494 e. The summed E-state index contributed by atoms with van der Waals surface area (Å²) < 4.78 is 36.7. The average Bonchev–Trinajstić information content (AvgIpc) is 2.48. The first kappa shape index (κ1) is 17.9. The predicted octanol–water partition coefficient (Wildman–Crippen LogP) is 0.990. The maximum atomic E-state index is 11.9. The minimum absolute atomic E-state index is 0.221. The molecule has 21 heavy (non-hydrogen) atoms. The van der Waals surface area contributed by atoms with E-state index in [-0.39, 0.29) is 11.4 Å². The van der Waals surface area contributed by atoms with Gasteiger partial charge >= 0.3 is 0 Å². The maximum Gasteiger partial charge on any atom is 0.240 e. The molecule has 6 nitrogen and oxygen atoms in total. The molecule has 0 aromatic heterocycles. The summed E-state index contributed by atoms with van der Waals surface area (Å²) in [5, 5.41) is 3.21. The molecule has 0 saturated heterocycles. The highest BCUT2D eigenvalue weighted by Crippen LogP contribution is 2.15. The number of nitrogens with one attached hydrogen (secondary N) is 2. The lowest BCUT2D eigenvalue weighted by atomic mass is 10.3. The van der Waals surface area contributed by atoms with E-state index in [0.717, 1.165) is 19.5 Å². The van der Waals surface area contributed by atoms with Gasteiger partial charge in [0.2, 0.25) is 10.0 Å². The van der Waals surface area contributed by atoms with Gasteiger partial charge in [0.25, 0.3) is 0 Å². The van der Waals surface area contributed by atoms with Crippen molar-refractivity contribution >= 4 is 10.0 Å². The van der Waals surface area contributed by atoms with Crippen LogP contribution in [0.25, 0.3) is 0 Å². The molecule has 0 aliphatic rings. The van der Waals surface area contributed by atoms with Crippen LogP contribution >= 0.6 is 0 Å². The van der Waals surface area contributed by atoms with Gasteiger partial charge in [0, 0.05) is 13.7 Å². The Morgan fingerprint density at radius 2 is 1.81 bits per heavy atom. The first-order valence-corrected chi connectivity index (χ1v) is 8.50. The molecule has 1 aromatic rings. The van der Waals surface area contributed by atoms with E-state index in [4.69, 9.17) is 9.47 Å². The second kappa shape index (κ2) is 9.73. The van der Waals surface area contributed by atoms with E-state index in [1.807, 2.05) is 0 Å². The molecule has 1 aromatic carbocycles. The molecule has 0 bridgehead atoms. The van der Waals surface area contributed by atoms with Gasteiger partial charge in [-0.3, -0.25) is 0 Å². The molecule has 0 aliphatic heterocycles. The van der Waals surface area contributed by atoms with Crippen molar-refractivity contribution in [1.82, 2.24) is 10.0 Å². The summed E-state index contributed by atoms with van der Waals surface area (Å²) in [7, 11) is -1.95. The summed E-state index contributed by atoms with van der Waals surface area (Å²) >= 11 is 0. The average molecular weight is 316 g/mol. The van der Waals surface area contributed by atoms with E-state index in [0.29, 0.717) is 19.0 Å². The number of hydrogen-bond acceptors (Lipinski definition) is 5. The summed E-state index contributed by atoms with van der Waals surface area (Å²) in [6, 6.07) is 6.40. The van der Waals surface area contributed by atoms with E-state index in [9.17, 15) is 8.42 Å². The zero-order valence-electron chi connectivity index (χ0n) is 12.6. The Morgan fingerprint density at radius 1 is 1.10 bits per heavy atom. The molecule has 0 radical (unpaired) electrons. The first-order chi connectivity index (χ1) is 10.1. The Balaban J connectivity index is 2.45. The highest BCUT2D eigenvalue weighted by atomic mass is 32.2. The first-order valence-electron chi connectivity index (χ1n) is 7.02. The van der Waals surface area contributed by atoms with Crippen LogP contribution in [0.15, 0.2) is 29.2 Å². The summed E-state index contributed by atoms with van der Waals surface area (Å²) in [4.78, 5) is 0.221. The van der Waals surface area contributed by atoms with Gasteiger partial charge in [-0.25, -0.2) is 13.1 Å². The summed E-state index contributed by atoms with van der Waals surface area (Å²) in [5.41, 5.74) is 0. The van der Waals surface area contributed by atoms with Gasteiger partial charge in [0.15, 0.2) is 0 Å². The van der Waals surface area contributed by atoms with Crippen LogP contribution in [0, 0.1) is 0 Å². The van der Waals surface area contributed by atoms with Gasteiger partial charge in [-0.1, -0.05) is 6.92 Å². The van der Waals surface area contributed by atoms with Gasteiger partial charge in [-0.05, 0) is 43.8 Å². The third-order valence-corrected chi connectivity index (χ3v) is 4.23. The topological polar surface area (TPSA) is 76.7 Å². The van der Waals surface area contributed by atoms with Crippen molar-refractivity contribution in [3.8, 4) is 5.75 Å². The van der Waals surface area contributed by atoms with Crippen molar-refractivity contribution < 1.29 is 17.9 Å². The number of hydrogen-bond donors (Lipinski definition) is 2. The lowest BCUT2D eigenvalue weighted by Crippen LogP contribution is -2.27. The number of methoxy groups -OCH3 is 1. The Morgan fingerprint density at radius 3 is 2.43 bits per heavy atom. The molecular weight excluding hydrogens is 292 g/mol. The zero-order chi connectivity index (χ0) is 15.6. The number of benzene rings is 1. The van der Waals surface area contributed by atoms with Crippen LogP contribution in [-0.4, -0.2) is 48.4 Å². The molecule has 1 rings (SSSR count). The van der Waals surface area contributed by atoms with Crippen LogP contribution in [-0.2, 0) is 14.8 Å². The Bertz CT molecular complexity index is 488. The number of sulfonamides is 1. The third kappa shape index (κ3) is 6.90. The molecule has 0 atom stereocenters. The predicted molar refractivity (Wildman–Crippen MR) is 82.2 cm³/mol. The second-order valence-electron chi connectivity index (χ2n) is 4.42. The summed E-state index contributed by atoms with van der Waals surface area (Å²) in [5.74, 6) is 0.669. The summed E-state index contributed by atoms with van der Waals surface area (Å²) in [6.07, 6.45) is 0.909. The van der Waals surface area contributed by atoms with Gasteiger partial charge in [0.05, 0.1) is 18.1 Å². The van der Waals surface area contributed by atoms with Gasteiger partial charge in [-0.15, -0.1) is 0 Å². The van der Waals surface area contributed by atoms with Crippen LogP contribution in [0.1, 0.15) is 13.3 Å². The molecule has 0 spiro atoms. The van der Waals surface area contributed by atoms with E-state index < -0.39 is 10.0 Å². The molecule has 2 N–H and O–H groups in total. The third-order valence-electron chi connectivity index (χ3n) is 2.75. The lowest BCUT2D eigenvalue weighted by Gasteiger charge is -2.09. The highest BCUT2D eigenvalue weighted by Gasteiger charge is 2.12. The van der Waals surface area contributed by atoms with Crippen molar-refractivity contribution in [2.24, 2.45) is 0 Å². The van der Waals surface area contributed by atoms with Crippen molar-refractivity contribution in [3.05, 3.63) is 24.3 Å². The van der Waals surface area contributed by atoms with E-state index in [1.54, 1.807) is 12.1 Å². The van der Waals surface area contributed by atoms with Crippen molar-refractivity contribution in [3.63, 3.8) is 0 Å². The lowest BCUT2D eigenvalue weighted by molar-refractivity contribution is 0.204. The van der Waals surface area contributed by atoms with E-state index in [1.165, 1.54) is 19.2 Å². The minimum Gasteiger partial charge on any atom is -0.494 e. The summed E-state index contributed by atoms with van der Waals surface area (Å²) in [6.45, 7) is 5.11. The van der Waals surface area contributed by atoms with Gasteiger partial charge < -0.3 is 14.8 Å². The fourth-order valence-electron chi connectivity index (χ4n) is 1.64. The fourth-order valence-corrected chi connectivity index (χ4v) is 2.65. The van der Waals surface area contributed by atoms with Crippen LogP contribution < -0.4 is 14.8 Å². The SMILES string of the molecule is CCNCCCOc1ccc(S(=O)(=O)NCCOC)cc1. The van der Waals surface area contributed by atoms with Gasteiger partial charge in [0.1, 0.15) is 5.75 Å². The second-order valence-corrected chi connectivity index (χ2v) is 6.18. The molecule has 120 valence electrons. The van der Waals surface area contributed by atoms with Gasteiger partial charge in [-0.2, -0.15) is 0 Å². The molecule has 0 unspecified atom stereocenters. The molecule has 0 saturated carbocycles. The molecule has 0 aliphatic carbocycles. The van der Waals surface area contributed by atoms with Crippen LogP contribution in [0.4, 0.5) is 0 Å². The Hall–Kier alpha value is -1.15. The van der Waals surface area contributed by atoms with Crippen LogP contribution in [0.5, 0.6) is 5.75 Å². The minimum atomic E-state index is -3.48. The monoisotopic (exact) mass is 316 g/mol.